The number of thiocarbonyl (C=S) groups is 1. The summed E-state index contributed by atoms with van der Waals surface area (Å²) in [4.78, 5) is 17.9. The zero-order chi connectivity index (χ0) is 12.1. The first-order valence-corrected chi connectivity index (χ1v) is 5.56. The van der Waals surface area contributed by atoms with Crippen molar-refractivity contribution in [3.8, 4) is 0 Å². The van der Waals surface area contributed by atoms with Gasteiger partial charge in [0.2, 0.25) is 0 Å². The molecule has 0 saturated carbocycles. The molecule has 0 aliphatic heterocycles. The Balaban J connectivity index is 2.89. The van der Waals surface area contributed by atoms with Gasteiger partial charge in [-0.05, 0) is 26.0 Å². The zero-order valence-electron chi connectivity index (χ0n) is 9.43. The first kappa shape index (κ1) is 12.6. The third-order valence-corrected chi connectivity index (χ3v) is 2.55. The normalized spacial score (nSPS) is 9.88. The predicted molar refractivity (Wildman–Crippen MR) is 67.4 cm³/mol. The lowest BCUT2D eigenvalue weighted by Gasteiger charge is -2.17. The van der Waals surface area contributed by atoms with Gasteiger partial charge in [-0.15, -0.1) is 0 Å². The Bertz CT molecular complexity index is 385. The van der Waals surface area contributed by atoms with Crippen LogP contribution in [0.1, 0.15) is 29.9 Å². The fourth-order valence-electron chi connectivity index (χ4n) is 1.34. The van der Waals surface area contributed by atoms with Gasteiger partial charge in [-0.2, -0.15) is 0 Å². The van der Waals surface area contributed by atoms with E-state index in [0.29, 0.717) is 24.3 Å². The highest BCUT2D eigenvalue weighted by Crippen LogP contribution is 2.04. The molecule has 0 radical (unpaired) electrons. The first-order valence-electron chi connectivity index (χ1n) is 5.15. The van der Waals surface area contributed by atoms with Crippen LogP contribution in [0.3, 0.4) is 0 Å². The zero-order valence-corrected chi connectivity index (χ0v) is 10.3. The van der Waals surface area contributed by atoms with Crippen LogP contribution in [-0.2, 0) is 0 Å². The molecule has 0 spiro atoms. The highest BCUT2D eigenvalue weighted by molar-refractivity contribution is 7.80. The van der Waals surface area contributed by atoms with Gasteiger partial charge < -0.3 is 10.6 Å². The fourth-order valence-corrected chi connectivity index (χ4v) is 1.46. The van der Waals surface area contributed by atoms with E-state index in [0.717, 1.165) is 0 Å². The van der Waals surface area contributed by atoms with Crippen molar-refractivity contribution in [2.75, 3.05) is 13.1 Å². The lowest BCUT2D eigenvalue weighted by molar-refractivity contribution is 0.0767. The average Bonchev–Trinajstić information content (AvgIpc) is 2.30. The molecule has 0 fully saturated rings. The molecule has 0 saturated heterocycles. The second kappa shape index (κ2) is 5.55. The second-order valence-corrected chi connectivity index (χ2v) is 3.71. The number of nitrogens with two attached hydrogens (primary N) is 1. The van der Waals surface area contributed by atoms with Crippen LogP contribution in [0.2, 0.25) is 0 Å². The summed E-state index contributed by atoms with van der Waals surface area (Å²) in [5.74, 6) is -0.0699. The van der Waals surface area contributed by atoms with Gasteiger partial charge in [0.25, 0.3) is 5.91 Å². The van der Waals surface area contributed by atoms with Gasteiger partial charge in [-0.1, -0.05) is 12.2 Å². The number of rotatable bonds is 4. The van der Waals surface area contributed by atoms with Gasteiger partial charge in [0, 0.05) is 24.8 Å². The first-order chi connectivity index (χ1) is 7.60. The predicted octanol–water partition coefficient (Wildman–Crippen LogP) is 1.20. The maximum atomic E-state index is 11.9. The molecule has 1 aromatic rings. The van der Waals surface area contributed by atoms with Gasteiger partial charge in [-0.25, -0.2) is 0 Å². The third-order valence-electron chi connectivity index (χ3n) is 2.32. The Morgan fingerprint density at radius 2 is 2.06 bits per heavy atom. The van der Waals surface area contributed by atoms with Gasteiger partial charge in [0.1, 0.15) is 10.7 Å². The molecule has 0 aromatic carbocycles. The smallest absolute Gasteiger partial charge is 0.272 e. The number of carbonyl (C=O) groups is 1. The summed E-state index contributed by atoms with van der Waals surface area (Å²) in [7, 11) is 0. The van der Waals surface area contributed by atoms with Gasteiger partial charge in [-0.3, -0.25) is 9.78 Å². The van der Waals surface area contributed by atoms with Crippen LogP contribution < -0.4 is 5.73 Å². The average molecular weight is 237 g/mol. The lowest BCUT2D eigenvalue weighted by atomic mass is 10.2. The van der Waals surface area contributed by atoms with Crippen molar-refractivity contribution in [2.24, 2.45) is 5.73 Å². The van der Waals surface area contributed by atoms with Crippen molar-refractivity contribution in [1.82, 2.24) is 9.88 Å². The summed E-state index contributed by atoms with van der Waals surface area (Å²) in [5.41, 5.74) is 6.54. The molecular weight excluding hydrogens is 222 g/mol. The van der Waals surface area contributed by atoms with E-state index in [9.17, 15) is 4.79 Å². The molecule has 1 rings (SSSR count). The molecule has 0 aliphatic carbocycles. The summed E-state index contributed by atoms with van der Waals surface area (Å²) < 4.78 is 0. The van der Waals surface area contributed by atoms with Crippen molar-refractivity contribution >= 4 is 23.1 Å². The maximum absolute atomic E-state index is 11.9. The van der Waals surface area contributed by atoms with Crippen LogP contribution in [0.4, 0.5) is 0 Å². The SMILES string of the molecule is CCN(CC)C(=O)c1ccc(C(N)=S)cn1. The van der Waals surface area contributed by atoms with E-state index in [1.807, 2.05) is 13.8 Å². The summed E-state index contributed by atoms with van der Waals surface area (Å²) >= 11 is 4.81. The van der Waals surface area contributed by atoms with E-state index in [1.165, 1.54) is 6.20 Å². The Labute approximate surface area is 100 Å². The highest BCUT2D eigenvalue weighted by Gasteiger charge is 2.13. The van der Waals surface area contributed by atoms with Gasteiger partial charge in [0.15, 0.2) is 0 Å². The van der Waals surface area contributed by atoms with Crippen LogP contribution in [0.15, 0.2) is 18.3 Å². The molecule has 1 aromatic heterocycles. The fraction of sp³-hybridized carbons (Fsp3) is 0.364. The number of pyridine rings is 1. The van der Waals surface area contributed by atoms with Crippen LogP contribution in [-0.4, -0.2) is 33.9 Å². The van der Waals surface area contributed by atoms with Crippen molar-refractivity contribution in [3.63, 3.8) is 0 Å². The van der Waals surface area contributed by atoms with Crippen LogP contribution in [0.5, 0.6) is 0 Å². The highest BCUT2D eigenvalue weighted by atomic mass is 32.1. The van der Waals surface area contributed by atoms with Gasteiger partial charge >= 0.3 is 0 Å². The summed E-state index contributed by atoms with van der Waals surface area (Å²) in [6, 6.07) is 3.36. The molecule has 5 heteroatoms. The van der Waals surface area contributed by atoms with E-state index < -0.39 is 0 Å². The Morgan fingerprint density at radius 3 is 2.44 bits per heavy atom. The summed E-state index contributed by atoms with van der Waals surface area (Å²) in [6.45, 7) is 5.22. The molecule has 4 nitrogen and oxygen atoms in total. The van der Waals surface area contributed by atoms with E-state index in [2.05, 4.69) is 4.98 Å². The van der Waals surface area contributed by atoms with Crippen LogP contribution in [0.25, 0.3) is 0 Å². The molecule has 1 amide bonds. The Kier molecular flexibility index (Phi) is 4.37. The second-order valence-electron chi connectivity index (χ2n) is 3.27. The molecular formula is C11H15N3OS. The quantitative estimate of drug-likeness (QED) is 0.799. The van der Waals surface area contributed by atoms with Crippen molar-refractivity contribution in [3.05, 3.63) is 29.6 Å². The van der Waals surface area contributed by atoms with E-state index in [-0.39, 0.29) is 10.9 Å². The minimum atomic E-state index is -0.0699. The van der Waals surface area contributed by atoms with Crippen molar-refractivity contribution in [1.29, 1.82) is 0 Å². The molecule has 86 valence electrons. The van der Waals surface area contributed by atoms with Crippen LogP contribution >= 0.6 is 12.2 Å². The standard InChI is InChI=1S/C11H15N3OS/c1-3-14(4-2)11(15)9-6-5-8(7-13-9)10(12)16/h5-7H,3-4H2,1-2H3,(H2,12,16). The number of amides is 1. The Hall–Kier alpha value is -1.49. The van der Waals surface area contributed by atoms with Crippen molar-refractivity contribution in [2.45, 2.75) is 13.8 Å². The monoisotopic (exact) mass is 237 g/mol. The van der Waals surface area contributed by atoms with Gasteiger partial charge in [0.05, 0.1) is 0 Å². The van der Waals surface area contributed by atoms with E-state index in [4.69, 9.17) is 18.0 Å². The minimum Gasteiger partial charge on any atom is -0.389 e. The van der Waals surface area contributed by atoms with E-state index in [1.54, 1.807) is 17.0 Å². The number of nitrogens with zero attached hydrogens (tertiary/aromatic N) is 2. The molecule has 1 heterocycles. The molecule has 0 bridgehead atoms. The summed E-state index contributed by atoms with van der Waals surface area (Å²) in [5, 5.41) is 0. The molecule has 2 N–H and O–H groups in total. The minimum absolute atomic E-state index is 0.0699. The summed E-state index contributed by atoms with van der Waals surface area (Å²) in [6.07, 6.45) is 1.53. The number of hydrogen-bond acceptors (Lipinski definition) is 3. The Morgan fingerprint density at radius 1 is 1.44 bits per heavy atom. The largest absolute Gasteiger partial charge is 0.389 e. The lowest BCUT2D eigenvalue weighted by Crippen LogP contribution is -2.31. The number of carbonyl (C=O) groups excluding carboxylic acids is 1. The molecule has 0 aliphatic rings. The molecule has 0 atom stereocenters. The number of hydrogen-bond donors (Lipinski definition) is 1. The topological polar surface area (TPSA) is 59.2 Å². The third kappa shape index (κ3) is 2.76. The van der Waals surface area contributed by atoms with Crippen molar-refractivity contribution < 1.29 is 4.79 Å². The van der Waals surface area contributed by atoms with E-state index >= 15 is 0 Å². The molecule has 16 heavy (non-hydrogen) atoms. The number of aromatic nitrogens is 1. The molecule has 0 unspecified atom stereocenters. The van der Waals surface area contributed by atoms with Crippen LogP contribution in [0, 0.1) is 0 Å². The maximum Gasteiger partial charge on any atom is 0.272 e.